The van der Waals surface area contributed by atoms with E-state index < -0.39 is 46.9 Å². The zero-order valence-corrected chi connectivity index (χ0v) is 19.2. The molecule has 5 N–H and O–H groups in total. The van der Waals surface area contributed by atoms with Crippen molar-refractivity contribution < 1.29 is 19.3 Å². The third kappa shape index (κ3) is 4.91. The van der Waals surface area contributed by atoms with E-state index in [9.17, 15) is 24.5 Å². The lowest BCUT2D eigenvalue weighted by molar-refractivity contribution is -0.385. The van der Waals surface area contributed by atoms with E-state index in [4.69, 9.17) is 23.2 Å². The van der Waals surface area contributed by atoms with Crippen molar-refractivity contribution >= 4 is 58.0 Å². The average molecular weight is 507 g/mol. The largest absolute Gasteiger partial charge is 0.352 e. The minimum atomic E-state index is -0.994. The summed E-state index contributed by atoms with van der Waals surface area (Å²) in [6, 6.07) is 9.08. The third-order valence-corrected chi connectivity index (χ3v) is 6.24. The lowest BCUT2D eigenvalue weighted by Crippen LogP contribution is -2.72. The smallest absolute Gasteiger partial charge is 0.274 e. The van der Waals surface area contributed by atoms with Gasteiger partial charge in [0.25, 0.3) is 5.69 Å². The minimum Gasteiger partial charge on any atom is -0.352 e. The van der Waals surface area contributed by atoms with Gasteiger partial charge in [0.2, 0.25) is 17.7 Å². The monoisotopic (exact) mass is 506 g/mol. The van der Waals surface area contributed by atoms with E-state index in [0.717, 1.165) is 0 Å². The van der Waals surface area contributed by atoms with Gasteiger partial charge in [-0.25, -0.2) is 0 Å². The minimum absolute atomic E-state index is 0.149. The van der Waals surface area contributed by atoms with Gasteiger partial charge in [-0.15, -0.1) is 0 Å². The number of benzene rings is 2. The molecule has 0 radical (unpaired) electrons. The summed E-state index contributed by atoms with van der Waals surface area (Å²) in [7, 11) is 0. The Morgan fingerprint density at radius 2 is 1.91 bits per heavy atom. The van der Waals surface area contributed by atoms with Gasteiger partial charge in [0.1, 0.15) is 0 Å². The predicted molar refractivity (Wildman–Crippen MR) is 125 cm³/mol. The van der Waals surface area contributed by atoms with Gasteiger partial charge < -0.3 is 21.3 Å². The summed E-state index contributed by atoms with van der Waals surface area (Å²) in [6.45, 7) is 1.58. The van der Waals surface area contributed by atoms with Crippen LogP contribution in [0.1, 0.15) is 12.0 Å². The van der Waals surface area contributed by atoms with Crippen molar-refractivity contribution in [3.8, 4) is 0 Å². The van der Waals surface area contributed by atoms with Crippen LogP contribution in [0.3, 0.4) is 0 Å². The van der Waals surface area contributed by atoms with E-state index in [1.807, 2.05) is 0 Å². The van der Waals surface area contributed by atoms with Crippen molar-refractivity contribution in [1.82, 2.24) is 16.0 Å². The fraction of sp³-hybridized carbons (Fsp3) is 0.286. The number of nitro groups is 1. The van der Waals surface area contributed by atoms with E-state index in [2.05, 4.69) is 26.6 Å². The van der Waals surface area contributed by atoms with Crippen molar-refractivity contribution in [2.24, 2.45) is 11.8 Å². The second kappa shape index (κ2) is 9.45. The van der Waals surface area contributed by atoms with Crippen LogP contribution in [0.2, 0.25) is 10.0 Å². The van der Waals surface area contributed by atoms with Crippen LogP contribution in [0, 0.1) is 28.9 Å². The Balaban J connectivity index is 1.50. The number of carbonyl (C=O) groups excluding carboxylic acids is 3. The summed E-state index contributed by atoms with van der Waals surface area (Å²) in [4.78, 5) is 49.0. The quantitative estimate of drug-likeness (QED) is 0.307. The van der Waals surface area contributed by atoms with Crippen LogP contribution in [0.5, 0.6) is 0 Å². The van der Waals surface area contributed by atoms with Crippen LogP contribution in [-0.2, 0) is 14.4 Å². The molecule has 2 aromatic rings. The van der Waals surface area contributed by atoms with E-state index in [0.29, 0.717) is 21.3 Å². The number of aryl methyl sites for hydroxylation is 1. The molecule has 4 atom stereocenters. The number of nitro benzene ring substituents is 1. The number of nitrogens with one attached hydrogen (secondary N) is 5. The van der Waals surface area contributed by atoms with Gasteiger partial charge in [-0.05, 0) is 31.2 Å². The molecular weight excluding hydrogens is 487 g/mol. The highest BCUT2D eigenvalue weighted by Gasteiger charge is 2.48. The molecule has 0 bridgehead atoms. The Kier molecular flexibility index (Phi) is 6.60. The predicted octanol–water partition coefficient (Wildman–Crippen LogP) is 2.34. The summed E-state index contributed by atoms with van der Waals surface area (Å²) in [5.74, 6) is -3.36. The summed E-state index contributed by atoms with van der Waals surface area (Å²) in [5.41, 5.74) is 0.991. The van der Waals surface area contributed by atoms with Gasteiger partial charge in [0, 0.05) is 28.8 Å². The van der Waals surface area contributed by atoms with Crippen molar-refractivity contribution in [1.29, 1.82) is 0 Å². The van der Waals surface area contributed by atoms with Gasteiger partial charge in [-0.1, -0.05) is 29.3 Å². The fourth-order valence-electron chi connectivity index (χ4n) is 4.03. The summed E-state index contributed by atoms with van der Waals surface area (Å²) in [5, 5.41) is 26.1. The molecule has 3 amide bonds. The Labute approximate surface area is 203 Å². The summed E-state index contributed by atoms with van der Waals surface area (Å²) < 4.78 is 0. The Morgan fingerprint density at radius 3 is 2.62 bits per heavy atom. The molecule has 13 heteroatoms. The maximum Gasteiger partial charge on any atom is 0.274 e. The molecule has 178 valence electrons. The van der Waals surface area contributed by atoms with Crippen LogP contribution in [0.25, 0.3) is 0 Å². The zero-order chi connectivity index (χ0) is 24.6. The molecule has 0 aromatic heterocycles. The summed E-state index contributed by atoms with van der Waals surface area (Å²) in [6.07, 6.45) is -1.83. The van der Waals surface area contributed by atoms with Crippen molar-refractivity contribution in [2.75, 3.05) is 10.6 Å². The van der Waals surface area contributed by atoms with E-state index >= 15 is 0 Å². The van der Waals surface area contributed by atoms with Gasteiger partial charge in [0.05, 0.1) is 33.6 Å². The van der Waals surface area contributed by atoms with E-state index in [1.165, 1.54) is 24.3 Å². The maximum atomic E-state index is 13.0. The second-order valence-corrected chi connectivity index (χ2v) is 8.85. The molecule has 2 aliphatic heterocycles. The van der Waals surface area contributed by atoms with Crippen LogP contribution >= 0.6 is 23.2 Å². The lowest BCUT2D eigenvalue weighted by Gasteiger charge is -2.43. The number of rotatable bonds is 5. The Morgan fingerprint density at radius 1 is 1.15 bits per heavy atom. The molecule has 4 rings (SSSR count). The molecule has 2 aromatic carbocycles. The first-order valence-electron chi connectivity index (χ1n) is 10.3. The topological polar surface area (TPSA) is 155 Å². The van der Waals surface area contributed by atoms with Gasteiger partial charge in [-0.2, -0.15) is 0 Å². The molecule has 2 aliphatic rings. The van der Waals surface area contributed by atoms with Gasteiger partial charge in [-0.3, -0.25) is 29.8 Å². The lowest BCUT2D eigenvalue weighted by atomic mass is 9.81. The molecule has 0 aliphatic carbocycles. The SMILES string of the molecule is Cc1ccc(NC(=O)C2CC(=O)NC3NC(Nc4ccc(Cl)cc4Cl)NC(=O)C32)cc1[N+](=O)[O-]. The molecule has 2 saturated heterocycles. The molecule has 0 spiro atoms. The first kappa shape index (κ1) is 23.7. The van der Waals surface area contributed by atoms with Crippen molar-refractivity contribution in [3.63, 3.8) is 0 Å². The maximum absolute atomic E-state index is 13.0. The first-order valence-corrected chi connectivity index (χ1v) is 11.0. The zero-order valence-electron chi connectivity index (χ0n) is 17.7. The highest BCUT2D eigenvalue weighted by atomic mass is 35.5. The third-order valence-electron chi connectivity index (χ3n) is 5.69. The molecule has 2 heterocycles. The molecular formula is C21H20Cl2N6O5. The number of carbonyl (C=O) groups is 3. The van der Waals surface area contributed by atoms with Crippen LogP contribution in [-0.4, -0.2) is 35.1 Å². The van der Waals surface area contributed by atoms with Gasteiger partial charge in [0.15, 0.2) is 6.29 Å². The average Bonchev–Trinajstić information content (AvgIpc) is 2.76. The van der Waals surface area contributed by atoms with Crippen LogP contribution in [0.4, 0.5) is 17.1 Å². The fourth-order valence-corrected chi connectivity index (χ4v) is 4.50. The Hall–Kier alpha value is -3.41. The number of anilines is 2. The number of amides is 3. The molecule has 2 fully saturated rings. The number of hydrogen-bond donors (Lipinski definition) is 5. The first-order chi connectivity index (χ1) is 16.1. The molecule has 34 heavy (non-hydrogen) atoms. The highest BCUT2D eigenvalue weighted by Crippen LogP contribution is 2.30. The van der Waals surface area contributed by atoms with Crippen LogP contribution in [0.15, 0.2) is 36.4 Å². The normalized spacial score (nSPS) is 23.9. The number of hydrogen-bond acceptors (Lipinski definition) is 7. The number of piperidine rings is 1. The highest BCUT2D eigenvalue weighted by molar-refractivity contribution is 6.36. The number of nitrogens with zero attached hydrogens (tertiary/aromatic N) is 1. The standard InChI is InChI=1S/C21H20Cl2N6O5/c1-9-2-4-11(7-15(9)29(33)34)24-19(31)12-8-16(30)26-18-17(12)20(32)28-21(27-18)25-14-5-3-10(22)6-13(14)23/h2-7,12,17-18,21,25,27H,8H2,1H3,(H,24,31)(H,26,30)(H,28,32). The Bertz CT molecular complexity index is 1190. The van der Waals surface area contributed by atoms with Gasteiger partial charge >= 0.3 is 0 Å². The van der Waals surface area contributed by atoms with Crippen molar-refractivity contribution in [3.05, 3.63) is 62.1 Å². The molecule has 4 unspecified atom stereocenters. The van der Waals surface area contributed by atoms with E-state index in [-0.39, 0.29) is 17.8 Å². The number of halogens is 2. The van der Waals surface area contributed by atoms with E-state index in [1.54, 1.807) is 19.1 Å². The second-order valence-electron chi connectivity index (χ2n) is 8.01. The van der Waals surface area contributed by atoms with Crippen molar-refractivity contribution in [2.45, 2.75) is 25.8 Å². The molecule has 11 nitrogen and oxygen atoms in total. The number of fused-ring (bicyclic) bond motifs is 1. The summed E-state index contributed by atoms with van der Waals surface area (Å²) >= 11 is 12.1. The van der Waals surface area contributed by atoms with Crippen LogP contribution < -0.4 is 26.6 Å². The molecule has 0 saturated carbocycles.